The van der Waals surface area contributed by atoms with Gasteiger partial charge >= 0.3 is 16.8 Å². The molecule has 0 saturated heterocycles. The predicted molar refractivity (Wildman–Crippen MR) is 164 cm³/mol. The van der Waals surface area contributed by atoms with Crippen molar-refractivity contribution in [3.05, 3.63) is 143 Å². The summed E-state index contributed by atoms with van der Waals surface area (Å²) in [5, 5.41) is 27.2. The van der Waals surface area contributed by atoms with E-state index in [1.54, 1.807) is 0 Å². The fraction of sp³-hybridized carbons (Fsp3) is 0.118. The smallest absolute Gasteiger partial charge is 0.232 e. The summed E-state index contributed by atoms with van der Waals surface area (Å²) in [6.07, 6.45) is -1.81. The number of fused-ring (bicyclic) bond motifs is 2. The Hall–Kier alpha value is -6.18. The molecule has 0 aliphatic heterocycles. The lowest BCUT2D eigenvalue weighted by molar-refractivity contribution is -0.0339. The maximum absolute atomic E-state index is 15.0. The minimum atomic E-state index is -5.25. The molecular weight excluding hydrogens is 747 g/mol. The standard InChI is InChI=1S/C34H8F10N6S2/c1-48-29-23(37)6-14(7-24(29)38)26-19(32(49-2)50-3)9-18-28(26)30(51-33(39,40)41)17-8-16(15(10-45)11-46)25(27(17)31(18)52-34(42,43)44)13-4-21(35)20(12-47)22(36)5-13/h4-7H,8-9H2. The van der Waals surface area contributed by atoms with Gasteiger partial charge in [0.2, 0.25) is 0 Å². The number of rotatable bonds is 4. The van der Waals surface area contributed by atoms with Gasteiger partial charge in [0.15, 0.2) is 0 Å². The summed E-state index contributed by atoms with van der Waals surface area (Å²) < 4.78 is 147. The van der Waals surface area contributed by atoms with E-state index in [-0.39, 0.29) is 0 Å². The Kier molecular flexibility index (Phi) is 9.63. The van der Waals surface area contributed by atoms with Crippen molar-refractivity contribution in [2.75, 3.05) is 0 Å². The molecule has 52 heavy (non-hydrogen) atoms. The first-order valence-corrected chi connectivity index (χ1v) is 15.3. The van der Waals surface area contributed by atoms with Crippen LogP contribution in [0.4, 0.5) is 49.6 Å². The third kappa shape index (κ3) is 6.43. The minimum Gasteiger partial charge on any atom is -0.232 e. The molecule has 0 unspecified atom stereocenters. The number of allylic oxidation sites excluding steroid dienone is 3. The number of alkyl halides is 6. The highest BCUT2D eigenvalue weighted by molar-refractivity contribution is 8.00. The molecule has 0 saturated carbocycles. The van der Waals surface area contributed by atoms with E-state index in [0.717, 1.165) is 0 Å². The minimum absolute atomic E-state index is 0.494. The van der Waals surface area contributed by atoms with Crippen molar-refractivity contribution >= 4 is 40.4 Å². The highest BCUT2D eigenvalue weighted by Gasteiger charge is 2.42. The van der Waals surface area contributed by atoms with E-state index in [9.17, 15) is 45.6 Å². The largest absolute Gasteiger partial charge is 0.523 e. The zero-order valence-corrected chi connectivity index (χ0v) is 26.6. The number of nitrogens with zero attached hydrogens (tertiary/aromatic N) is 6. The average Bonchev–Trinajstić information content (AvgIpc) is 3.63. The molecule has 3 aromatic carbocycles. The van der Waals surface area contributed by atoms with E-state index >= 15 is 8.78 Å². The first-order valence-electron chi connectivity index (χ1n) is 13.7. The second-order valence-corrected chi connectivity index (χ2v) is 12.6. The van der Waals surface area contributed by atoms with E-state index in [1.807, 2.05) is 0 Å². The normalized spacial score (nSPS) is 13.3. The van der Waals surface area contributed by atoms with E-state index < -0.39 is 158 Å². The molecule has 2 aliphatic rings. The van der Waals surface area contributed by atoms with E-state index in [1.165, 1.54) is 18.2 Å². The molecule has 0 heterocycles. The number of hydrogen-bond acceptors (Lipinski definition) is 5. The Balaban J connectivity index is 2.20. The SMILES string of the molecule is [C-]#[N+]C([N+]#[C-])=C1Cc2c(SC(F)(F)F)c3c(c(SC(F)(F)F)c2=C1c1cc(F)c([N+]#[C-])c(F)c1)CC(=C(C#N)C#N)C=3c1cc(F)c(C#N)c(F)c1. The summed E-state index contributed by atoms with van der Waals surface area (Å²) in [4.78, 5) is 6.93. The third-order valence-electron chi connectivity index (χ3n) is 7.72. The lowest BCUT2D eigenvalue weighted by atomic mass is 9.94. The molecule has 5 rings (SSSR count). The zero-order chi connectivity index (χ0) is 38.4. The Morgan fingerprint density at radius 2 is 1.06 bits per heavy atom. The Bertz CT molecular complexity index is 2350. The van der Waals surface area contributed by atoms with Crippen LogP contribution in [0.1, 0.15) is 27.8 Å². The maximum Gasteiger partial charge on any atom is 0.523 e. The summed E-state index contributed by atoms with van der Waals surface area (Å²) in [6.45, 7) is 22.1. The molecule has 0 amide bonds. The predicted octanol–water partition coefficient (Wildman–Crippen LogP) is 8.79. The third-order valence-corrected chi connectivity index (χ3v) is 9.49. The van der Waals surface area contributed by atoms with Crippen molar-refractivity contribution in [1.29, 1.82) is 15.8 Å². The quantitative estimate of drug-likeness (QED) is 0.115. The second kappa shape index (κ2) is 13.5. The summed E-state index contributed by atoms with van der Waals surface area (Å²) in [5.74, 6) is -6.99. The number of halogens is 10. The number of benzene rings is 3. The highest BCUT2D eigenvalue weighted by Crippen LogP contribution is 2.48. The summed E-state index contributed by atoms with van der Waals surface area (Å²) in [7, 11) is 0. The molecule has 3 aromatic rings. The van der Waals surface area contributed by atoms with Crippen LogP contribution in [0, 0.1) is 77.0 Å². The van der Waals surface area contributed by atoms with Crippen LogP contribution in [-0.2, 0) is 12.8 Å². The molecule has 0 atom stereocenters. The lowest BCUT2D eigenvalue weighted by Crippen LogP contribution is -2.27. The van der Waals surface area contributed by atoms with Gasteiger partial charge in [-0.1, -0.05) is 0 Å². The molecule has 0 N–H and O–H groups in total. The molecule has 18 heteroatoms. The fourth-order valence-electron chi connectivity index (χ4n) is 5.96. The molecule has 0 aromatic heterocycles. The highest BCUT2D eigenvalue weighted by atomic mass is 32.2. The van der Waals surface area contributed by atoms with Gasteiger partial charge in [-0.05, 0) is 93.2 Å². The van der Waals surface area contributed by atoms with Crippen LogP contribution in [0.5, 0.6) is 0 Å². The van der Waals surface area contributed by atoms with E-state index in [2.05, 4.69) is 14.5 Å². The molecule has 0 fully saturated rings. The van der Waals surface area contributed by atoms with Crippen molar-refractivity contribution in [1.82, 2.24) is 0 Å². The molecule has 0 bridgehead atoms. The summed E-state index contributed by atoms with van der Waals surface area (Å²) >= 11 is -1.80. The summed E-state index contributed by atoms with van der Waals surface area (Å²) in [6, 6.07) is 6.21. The van der Waals surface area contributed by atoms with Crippen LogP contribution < -0.4 is 10.4 Å². The number of hydrogen-bond donors (Lipinski definition) is 0. The Labute approximate surface area is 294 Å². The van der Waals surface area contributed by atoms with Gasteiger partial charge in [0, 0.05) is 26.6 Å². The fourth-order valence-corrected chi connectivity index (χ4v) is 7.67. The van der Waals surface area contributed by atoms with Crippen molar-refractivity contribution in [2.24, 2.45) is 0 Å². The number of nitriles is 3. The van der Waals surface area contributed by atoms with Gasteiger partial charge in [-0.25, -0.2) is 22.4 Å². The van der Waals surface area contributed by atoms with Gasteiger partial charge in [-0.3, -0.25) is 0 Å². The van der Waals surface area contributed by atoms with Crippen molar-refractivity contribution < 1.29 is 43.9 Å². The van der Waals surface area contributed by atoms with Crippen LogP contribution in [0.3, 0.4) is 0 Å². The lowest BCUT2D eigenvalue weighted by Gasteiger charge is -2.17. The molecule has 0 radical (unpaired) electrons. The monoisotopic (exact) mass is 754 g/mol. The topological polar surface area (TPSA) is 84.5 Å². The molecule has 2 aliphatic carbocycles. The Morgan fingerprint density at radius 1 is 0.654 bits per heavy atom. The van der Waals surface area contributed by atoms with E-state index in [0.29, 0.717) is 24.3 Å². The van der Waals surface area contributed by atoms with Gasteiger partial charge in [0.25, 0.3) is 5.69 Å². The summed E-state index contributed by atoms with van der Waals surface area (Å²) in [5.41, 5.74) is -18.5. The van der Waals surface area contributed by atoms with E-state index in [4.69, 9.17) is 25.0 Å². The molecule has 256 valence electrons. The molecule has 0 spiro atoms. The first kappa shape index (κ1) is 37.1. The van der Waals surface area contributed by atoms with Crippen LogP contribution in [0.2, 0.25) is 0 Å². The Morgan fingerprint density at radius 3 is 1.42 bits per heavy atom. The van der Waals surface area contributed by atoms with Gasteiger partial charge in [0.05, 0.1) is 12.1 Å². The van der Waals surface area contributed by atoms with Crippen molar-refractivity contribution in [3.63, 3.8) is 0 Å². The molecular formula is C34H8F10N6S2. The zero-order valence-electron chi connectivity index (χ0n) is 25.0. The van der Waals surface area contributed by atoms with Gasteiger partial charge in [0.1, 0.15) is 65.8 Å². The van der Waals surface area contributed by atoms with Crippen LogP contribution >= 0.6 is 23.5 Å². The molecule has 6 nitrogen and oxygen atoms in total. The first-order chi connectivity index (χ1) is 24.4. The van der Waals surface area contributed by atoms with Crippen LogP contribution in [0.15, 0.2) is 56.6 Å². The van der Waals surface area contributed by atoms with Gasteiger partial charge in [-0.2, -0.15) is 51.8 Å². The second-order valence-electron chi connectivity index (χ2n) is 10.5. The van der Waals surface area contributed by atoms with Crippen LogP contribution in [-0.4, -0.2) is 11.0 Å². The van der Waals surface area contributed by atoms with Crippen molar-refractivity contribution in [2.45, 2.75) is 33.6 Å². The maximum atomic E-state index is 15.0. The number of thioether (sulfide) groups is 2. The van der Waals surface area contributed by atoms with Gasteiger partial charge < -0.3 is 0 Å². The van der Waals surface area contributed by atoms with Crippen LogP contribution in [0.25, 0.3) is 25.7 Å². The van der Waals surface area contributed by atoms with Crippen molar-refractivity contribution in [3.8, 4) is 18.2 Å². The van der Waals surface area contributed by atoms with Gasteiger partial charge in [-0.15, -0.1) is 0 Å². The average molecular weight is 755 g/mol.